The molecule has 0 saturated heterocycles. The summed E-state index contributed by atoms with van der Waals surface area (Å²) in [6, 6.07) is 15.1. The molecule has 172 valence electrons. The van der Waals surface area contributed by atoms with Gasteiger partial charge in [-0.15, -0.1) is 0 Å². The maximum absolute atomic E-state index is 13.4. The number of benzene rings is 2. The van der Waals surface area contributed by atoms with E-state index in [-0.39, 0.29) is 11.3 Å². The molecule has 7 nitrogen and oxygen atoms in total. The summed E-state index contributed by atoms with van der Waals surface area (Å²) in [5.74, 6) is -0.545. The molecular weight excluding hydrogens is 520 g/mol. The molecule has 1 aliphatic rings. The van der Waals surface area contributed by atoms with E-state index in [1.54, 1.807) is 19.1 Å². The average Bonchev–Trinajstić information content (AvgIpc) is 3.50. The summed E-state index contributed by atoms with van der Waals surface area (Å²) in [6.45, 7) is 4.16. The number of halogens is 1. The minimum Gasteiger partial charge on any atom is -0.503 e. The number of Topliss-reactive ketones (excluding diaryl/α,β-unsaturated/α-hetero) is 1. The van der Waals surface area contributed by atoms with Crippen LogP contribution in [-0.2, 0) is 4.79 Å². The molecule has 5 rings (SSSR count). The molecule has 1 amide bonds. The van der Waals surface area contributed by atoms with E-state index in [1.807, 2.05) is 43.3 Å². The Balaban J connectivity index is 1.65. The van der Waals surface area contributed by atoms with Gasteiger partial charge in [-0.05, 0) is 61.9 Å². The lowest BCUT2D eigenvalue weighted by atomic mass is 9.95. The van der Waals surface area contributed by atoms with E-state index in [4.69, 9.17) is 9.15 Å². The number of hydrogen-bond donors (Lipinski definition) is 1. The first-order chi connectivity index (χ1) is 16.4. The van der Waals surface area contributed by atoms with Crippen LogP contribution in [0.15, 0.2) is 74.8 Å². The number of fused-ring (bicyclic) bond motifs is 1. The number of thiazole rings is 1. The Bertz CT molecular complexity index is 1470. The number of aliphatic hydroxyl groups is 1. The van der Waals surface area contributed by atoms with Gasteiger partial charge in [-0.3, -0.25) is 14.5 Å². The molecule has 3 heterocycles. The molecule has 2 aromatic heterocycles. The lowest BCUT2D eigenvalue weighted by Crippen LogP contribution is -2.30. The number of carbonyl (C=O) groups excluding carboxylic acids is 2. The van der Waals surface area contributed by atoms with Crippen molar-refractivity contribution in [2.24, 2.45) is 0 Å². The van der Waals surface area contributed by atoms with Gasteiger partial charge in [0.2, 0.25) is 5.78 Å². The van der Waals surface area contributed by atoms with Crippen LogP contribution in [0.2, 0.25) is 0 Å². The number of carbonyl (C=O) groups is 2. The van der Waals surface area contributed by atoms with Crippen molar-refractivity contribution in [1.82, 2.24) is 4.98 Å². The maximum atomic E-state index is 13.4. The minimum atomic E-state index is -0.880. The molecule has 2 aromatic carbocycles. The highest BCUT2D eigenvalue weighted by Crippen LogP contribution is 2.45. The van der Waals surface area contributed by atoms with Crippen molar-refractivity contribution in [2.45, 2.75) is 19.9 Å². The smallest absolute Gasteiger partial charge is 0.296 e. The highest BCUT2D eigenvalue weighted by Gasteiger charge is 2.46. The van der Waals surface area contributed by atoms with Crippen LogP contribution in [0.25, 0.3) is 10.2 Å². The summed E-state index contributed by atoms with van der Waals surface area (Å²) in [4.78, 5) is 32.8. The first-order valence-corrected chi connectivity index (χ1v) is 12.1. The van der Waals surface area contributed by atoms with Crippen LogP contribution in [0.1, 0.15) is 34.8 Å². The first kappa shape index (κ1) is 22.4. The maximum Gasteiger partial charge on any atom is 0.296 e. The van der Waals surface area contributed by atoms with Gasteiger partial charge in [0.25, 0.3) is 5.91 Å². The van der Waals surface area contributed by atoms with Crippen LogP contribution < -0.4 is 9.64 Å². The number of aliphatic hydroxyl groups excluding tert-OH is 1. The Labute approximate surface area is 207 Å². The Morgan fingerprint density at radius 3 is 2.76 bits per heavy atom. The number of aryl methyl sites for hydroxylation is 1. The van der Waals surface area contributed by atoms with Gasteiger partial charge in [0.05, 0.1) is 28.4 Å². The molecular formula is C25H19BrN2O5S. The monoisotopic (exact) mass is 538 g/mol. The standard InChI is InChI=1S/C25H19BrN2O5S/c1-3-32-16-8-9-17-19(12-16)34-25(27-17)28-21(14-5-4-6-15(26)11-14)20(23(30)24(28)31)22(29)18-10-7-13(2)33-18/h4-12,21,30H,3H2,1-2H3. The summed E-state index contributed by atoms with van der Waals surface area (Å²) in [6.07, 6.45) is 0. The fourth-order valence-corrected chi connectivity index (χ4v) is 5.41. The zero-order chi connectivity index (χ0) is 24.0. The van der Waals surface area contributed by atoms with Crippen LogP contribution in [-0.4, -0.2) is 28.4 Å². The topological polar surface area (TPSA) is 92.9 Å². The Morgan fingerprint density at radius 1 is 1.24 bits per heavy atom. The van der Waals surface area contributed by atoms with Crippen LogP contribution in [0.3, 0.4) is 0 Å². The molecule has 9 heteroatoms. The Morgan fingerprint density at radius 2 is 2.06 bits per heavy atom. The zero-order valence-electron chi connectivity index (χ0n) is 18.2. The Kier molecular flexibility index (Phi) is 5.75. The SMILES string of the molecule is CCOc1ccc2nc(N3C(=O)C(O)=C(C(=O)c4ccc(C)o4)C3c3cccc(Br)c3)sc2c1. The molecule has 0 fully saturated rings. The molecule has 1 unspecified atom stereocenters. The van der Waals surface area contributed by atoms with Crippen molar-refractivity contribution in [1.29, 1.82) is 0 Å². The van der Waals surface area contributed by atoms with Gasteiger partial charge in [0.1, 0.15) is 11.5 Å². The van der Waals surface area contributed by atoms with Crippen molar-refractivity contribution < 1.29 is 23.8 Å². The van der Waals surface area contributed by atoms with Crippen LogP contribution in [0.5, 0.6) is 5.75 Å². The fourth-order valence-electron chi connectivity index (χ4n) is 3.97. The van der Waals surface area contributed by atoms with Crippen molar-refractivity contribution in [3.8, 4) is 5.75 Å². The van der Waals surface area contributed by atoms with Crippen molar-refractivity contribution in [2.75, 3.05) is 11.5 Å². The van der Waals surface area contributed by atoms with E-state index in [0.717, 1.165) is 9.17 Å². The van der Waals surface area contributed by atoms with Gasteiger partial charge in [-0.25, -0.2) is 4.98 Å². The molecule has 1 aliphatic heterocycles. The lowest BCUT2D eigenvalue weighted by Gasteiger charge is -2.24. The van der Waals surface area contributed by atoms with E-state index in [1.165, 1.54) is 22.3 Å². The summed E-state index contributed by atoms with van der Waals surface area (Å²) in [7, 11) is 0. The van der Waals surface area contributed by atoms with Crippen LogP contribution in [0, 0.1) is 6.92 Å². The predicted molar refractivity (Wildman–Crippen MR) is 133 cm³/mol. The molecule has 0 saturated carbocycles. The molecule has 1 atom stereocenters. The molecule has 0 spiro atoms. The van der Waals surface area contributed by atoms with Gasteiger partial charge >= 0.3 is 0 Å². The molecule has 0 radical (unpaired) electrons. The number of aromatic nitrogens is 1. The van der Waals surface area contributed by atoms with Crippen molar-refractivity contribution in [3.63, 3.8) is 0 Å². The van der Waals surface area contributed by atoms with Gasteiger partial charge in [0, 0.05) is 4.47 Å². The largest absolute Gasteiger partial charge is 0.503 e. The average molecular weight is 539 g/mol. The molecule has 34 heavy (non-hydrogen) atoms. The summed E-state index contributed by atoms with van der Waals surface area (Å²) < 4.78 is 12.7. The van der Waals surface area contributed by atoms with E-state index in [9.17, 15) is 14.7 Å². The van der Waals surface area contributed by atoms with Crippen molar-refractivity contribution >= 4 is 54.3 Å². The number of rotatable bonds is 6. The van der Waals surface area contributed by atoms with E-state index in [2.05, 4.69) is 20.9 Å². The second-order valence-corrected chi connectivity index (χ2v) is 9.62. The highest BCUT2D eigenvalue weighted by molar-refractivity contribution is 9.10. The van der Waals surface area contributed by atoms with E-state index in [0.29, 0.717) is 34.3 Å². The number of ketones is 1. The quantitative estimate of drug-likeness (QED) is 0.296. The summed E-state index contributed by atoms with van der Waals surface area (Å²) >= 11 is 4.75. The van der Waals surface area contributed by atoms with Gasteiger partial charge < -0.3 is 14.3 Å². The zero-order valence-corrected chi connectivity index (χ0v) is 20.6. The van der Waals surface area contributed by atoms with Crippen molar-refractivity contribution in [3.05, 3.63) is 87.5 Å². The van der Waals surface area contributed by atoms with Crippen LogP contribution >= 0.6 is 27.3 Å². The van der Waals surface area contributed by atoms with E-state index < -0.39 is 23.5 Å². The predicted octanol–water partition coefficient (Wildman–Crippen LogP) is 6.14. The summed E-state index contributed by atoms with van der Waals surface area (Å²) in [5, 5.41) is 11.3. The second-order valence-electron chi connectivity index (χ2n) is 7.69. The molecule has 4 aromatic rings. The minimum absolute atomic E-state index is 0.0493. The number of furan rings is 1. The number of anilines is 1. The summed E-state index contributed by atoms with van der Waals surface area (Å²) in [5.41, 5.74) is 1.28. The third-order valence-corrected chi connectivity index (χ3v) is 6.96. The molecule has 1 N–H and O–H groups in total. The third kappa shape index (κ3) is 3.80. The van der Waals surface area contributed by atoms with Gasteiger partial charge in [-0.2, -0.15) is 0 Å². The molecule has 0 bridgehead atoms. The number of hydrogen-bond acceptors (Lipinski definition) is 7. The second kappa shape index (κ2) is 8.73. The highest BCUT2D eigenvalue weighted by atomic mass is 79.9. The van der Waals surface area contributed by atoms with Gasteiger partial charge in [-0.1, -0.05) is 39.4 Å². The molecule has 0 aliphatic carbocycles. The van der Waals surface area contributed by atoms with E-state index >= 15 is 0 Å². The normalized spacial score (nSPS) is 16.0. The number of nitrogens with zero attached hydrogens (tertiary/aromatic N) is 2. The van der Waals surface area contributed by atoms with Gasteiger partial charge in [0.15, 0.2) is 16.7 Å². The lowest BCUT2D eigenvalue weighted by molar-refractivity contribution is -0.117. The third-order valence-electron chi connectivity index (χ3n) is 5.45. The Hall–Kier alpha value is -3.43. The first-order valence-electron chi connectivity index (χ1n) is 10.5. The van der Waals surface area contributed by atoms with Crippen LogP contribution in [0.4, 0.5) is 5.13 Å². The number of amides is 1. The number of ether oxygens (including phenoxy) is 1. The fraction of sp³-hybridized carbons (Fsp3) is 0.160.